The third-order valence-electron chi connectivity index (χ3n) is 4.51. The molecule has 20 heavy (non-hydrogen) atoms. The Morgan fingerprint density at radius 1 is 1.20 bits per heavy atom. The molecule has 0 bridgehead atoms. The zero-order chi connectivity index (χ0) is 14.6. The first-order valence-electron chi connectivity index (χ1n) is 7.88. The van der Waals surface area contributed by atoms with E-state index in [9.17, 15) is 0 Å². The van der Waals surface area contributed by atoms with Gasteiger partial charge in [-0.3, -0.25) is 0 Å². The first-order valence-corrected chi connectivity index (χ1v) is 9.07. The average molecular weight is 314 g/mol. The topological polar surface area (TPSA) is 12.0 Å². The molecule has 1 aromatic rings. The van der Waals surface area contributed by atoms with Crippen LogP contribution in [0.2, 0.25) is 4.34 Å². The molecule has 1 heterocycles. The van der Waals surface area contributed by atoms with Crippen molar-refractivity contribution in [2.75, 3.05) is 6.54 Å². The first kappa shape index (κ1) is 16.3. The molecular weight excluding hydrogens is 286 g/mol. The van der Waals surface area contributed by atoms with Gasteiger partial charge in [-0.05, 0) is 77.0 Å². The smallest absolute Gasteiger partial charge is 0.0931 e. The maximum atomic E-state index is 6.03. The van der Waals surface area contributed by atoms with E-state index >= 15 is 0 Å². The normalized spacial score (nSPS) is 18.6. The fraction of sp³-hybridized carbons (Fsp3) is 0.765. The lowest BCUT2D eigenvalue weighted by Gasteiger charge is -2.31. The summed E-state index contributed by atoms with van der Waals surface area (Å²) in [6.45, 7) is 7.90. The summed E-state index contributed by atoms with van der Waals surface area (Å²) in [4.78, 5) is 1.45. The Hall–Kier alpha value is -0.0500. The number of hydrogen-bond donors (Lipinski definition) is 1. The lowest BCUT2D eigenvalue weighted by Crippen LogP contribution is -2.38. The van der Waals surface area contributed by atoms with Crippen LogP contribution >= 0.6 is 22.9 Å². The summed E-state index contributed by atoms with van der Waals surface area (Å²) in [5, 5.41) is 3.66. The number of hydrogen-bond acceptors (Lipinski definition) is 2. The van der Waals surface area contributed by atoms with Gasteiger partial charge in [0.05, 0.1) is 4.34 Å². The summed E-state index contributed by atoms with van der Waals surface area (Å²) in [7, 11) is 0. The third-order valence-corrected chi connectivity index (χ3v) is 5.80. The predicted octanol–water partition coefficient (Wildman–Crippen LogP) is 5.67. The van der Waals surface area contributed by atoms with Crippen molar-refractivity contribution in [2.24, 2.45) is 5.41 Å². The minimum absolute atomic E-state index is 0.237. The molecule has 3 heteroatoms. The molecule has 0 amide bonds. The second-order valence-electron chi connectivity index (χ2n) is 7.34. The standard InChI is InChI=1S/C17H28ClNS/c1-16(2,3)19-13-12-17(9-4-5-10-17)11-8-14-6-7-15(18)20-14/h6-7,19H,4-5,8-13H2,1-3H3. The number of aryl methyl sites for hydroxylation is 1. The second-order valence-corrected chi connectivity index (χ2v) is 9.14. The molecule has 0 aromatic carbocycles. The van der Waals surface area contributed by atoms with Crippen molar-refractivity contribution in [2.45, 2.75) is 71.3 Å². The van der Waals surface area contributed by atoms with Crippen molar-refractivity contribution < 1.29 is 0 Å². The molecule has 0 saturated heterocycles. The molecule has 0 unspecified atom stereocenters. The molecule has 1 fully saturated rings. The van der Waals surface area contributed by atoms with Crippen LogP contribution in [0.1, 0.15) is 64.2 Å². The van der Waals surface area contributed by atoms with Gasteiger partial charge in [0.1, 0.15) is 0 Å². The van der Waals surface area contributed by atoms with Gasteiger partial charge >= 0.3 is 0 Å². The largest absolute Gasteiger partial charge is 0.312 e. The van der Waals surface area contributed by atoms with E-state index in [0.29, 0.717) is 5.41 Å². The highest BCUT2D eigenvalue weighted by molar-refractivity contribution is 7.16. The Morgan fingerprint density at radius 2 is 1.90 bits per heavy atom. The van der Waals surface area contributed by atoms with Gasteiger partial charge in [0, 0.05) is 10.4 Å². The van der Waals surface area contributed by atoms with Crippen LogP contribution in [0, 0.1) is 5.41 Å². The Morgan fingerprint density at radius 3 is 2.45 bits per heavy atom. The van der Waals surface area contributed by atoms with Crippen LogP contribution in [-0.2, 0) is 6.42 Å². The van der Waals surface area contributed by atoms with E-state index < -0.39 is 0 Å². The highest BCUT2D eigenvalue weighted by Crippen LogP contribution is 2.45. The van der Waals surface area contributed by atoms with Gasteiger partial charge in [0.2, 0.25) is 0 Å². The van der Waals surface area contributed by atoms with Crippen molar-refractivity contribution in [3.8, 4) is 0 Å². The zero-order valence-electron chi connectivity index (χ0n) is 13.1. The zero-order valence-corrected chi connectivity index (χ0v) is 14.7. The highest BCUT2D eigenvalue weighted by Gasteiger charge is 2.33. The van der Waals surface area contributed by atoms with E-state index in [1.165, 1.54) is 49.8 Å². The molecule has 2 rings (SSSR count). The van der Waals surface area contributed by atoms with E-state index in [1.54, 1.807) is 11.3 Å². The fourth-order valence-corrected chi connectivity index (χ4v) is 4.41. The lowest BCUT2D eigenvalue weighted by atomic mass is 9.78. The van der Waals surface area contributed by atoms with Crippen LogP contribution in [0.3, 0.4) is 0 Å². The molecule has 1 aliphatic rings. The van der Waals surface area contributed by atoms with Crippen LogP contribution in [-0.4, -0.2) is 12.1 Å². The molecule has 114 valence electrons. The van der Waals surface area contributed by atoms with E-state index in [4.69, 9.17) is 11.6 Å². The van der Waals surface area contributed by atoms with E-state index in [0.717, 1.165) is 10.9 Å². The van der Waals surface area contributed by atoms with E-state index in [2.05, 4.69) is 32.2 Å². The van der Waals surface area contributed by atoms with Gasteiger partial charge in [-0.1, -0.05) is 24.4 Å². The number of halogens is 1. The SMILES string of the molecule is CC(C)(C)NCCC1(CCc2ccc(Cl)s2)CCCC1. The molecule has 0 aliphatic heterocycles. The maximum absolute atomic E-state index is 6.03. The van der Waals surface area contributed by atoms with Gasteiger partial charge in [0.15, 0.2) is 0 Å². The maximum Gasteiger partial charge on any atom is 0.0931 e. The molecule has 0 atom stereocenters. The predicted molar refractivity (Wildman–Crippen MR) is 90.9 cm³/mol. The number of nitrogens with one attached hydrogen (secondary N) is 1. The molecule has 1 aromatic heterocycles. The lowest BCUT2D eigenvalue weighted by molar-refractivity contribution is 0.235. The van der Waals surface area contributed by atoms with Gasteiger partial charge in [0.25, 0.3) is 0 Å². The molecule has 1 saturated carbocycles. The third kappa shape index (κ3) is 5.05. The molecule has 1 nitrogen and oxygen atoms in total. The summed E-state index contributed by atoms with van der Waals surface area (Å²) >= 11 is 7.78. The van der Waals surface area contributed by atoms with Crippen molar-refractivity contribution in [3.05, 3.63) is 21.3 Å². The molecular formula is C17H28ClNS. The van der Waals surface area contributed by atoms with Crippen LogP contribution in [0.15, 0.2) is 12.1 Å². The van der Waals surface area contributed by atoms with Crippen LogP contribution in [0.5, 0.6) is 0 Å². The Kier molecular flexibility index (Phi) is 5.56. The molecule has 1 N–H and O–H groups in total. The van der Waals surface area contributed by atoms with E-state index in [-0.39, 0.29) is 5.54 Å². The fourth-order valence-electron chi connectivity index (χ4n) is 3.33. The summed E-state index contributed by atoms with van der Waals surface area (Å²) in [5.74, 6) is 0. The number of rotatable bonds is 6. The average Bonchev–Trinajstić information content (AvgIpc) is 2.95. The highest BCUT2D eigenvalue weighted by atomic mass is 35.5. The summed E-state index contributed by atoms with van der Waals surface area (Å²) < 4.78 is 0.926. The Bertz CT molecular complexity index is 413. The van der Waals surface area contributed by atoms with Gasteiger partial charge in [-0.25, -0.2) is 0 Å². The number of thiophene rings is 1. The molecule has 0 spiro atoms. The summed E-state index contributed by atoms with van der Waals surface area (Å²) in [5.41, 5.74) is 0.815. The van der Waals surface area contributed by atoms with Crippen molar-refractivity contribution in [1.29, 1.82) is 0 Å². The van der Waals surface area contributed by atoms with E-state index in [1.807, 2.05) is 6.07 Å². The summed E-state index contributed by atoms with van der Waals surface area (Å²) in [6, 6.07) is 4.23. The van der Waals surface area contributed by atoms with Gasteiger partial charge < -0.3 is 5.32 Å². The Labute approximate surface area is 133 Å². The second kappa shape index (κ2) is 6.81. The van der Waals surface area contributed by atoms with Crippen molar-refractivity contribution in [3.63, 3.8) is 0 Å². The summed E-state index contributed by atoms with van der Waals surface area (Å²) in [6.07, 6.45) is 9.52. The first-order chi connectivity index (χ1) is 9.39. The Balaban J connectivity index is 1.85. The monoisotopic (exact) mass is 313 g/mol. The minimum Gasteiger partial charge on any atom is -0.312 e. The van der Waals surface area contributed by atoms with Crippen LogP contribution < -0.4 is 5.32 Å². The molecule has 0 radical (unpaired) electrons. The van der Waals surface area contributed by atoms with Gasteiger partial charge in [-0.15, -0.1) is 11.3 Å². The molecule has 1 aliphatic carbocycles. The van der Waals surface area contributed by atoms with Crippen LogP contribution in [0.25, 0.3) is 0 Å². The minimum atomic E-state index is 0.237. The van der Waals surface area contributed by atoms with Crippen LogP contribution in [0.4, 0.5) is 0 Å². The van der Waals surface area contributed by atoms with Crippen molar-refractivity contribution >= 4 is 22.9 Å². The quantitative estimate of drug-likeness (QED) is 0.713. The van der Waals surface area contributed by atoms with Crippen molar-refractivity contribution in [1.82, 2.24) is 5.32 Å². The van der Waals surface area contributed by atoms with Gasteiger partial charge in [-0.2, -0.15) is 0 Å².